The summed E-state index contributed by atoms with van der Waals surface area (Å²) in [7, 11) is 0. The highest BCUT2D eigenvalue weighted by molar-refractivity contribution is 5.97. The molecule has 0 aliphatic heterocycles. The molecule has 0 bridgehead atoms. The number of primary amides is 1. The van der Waals surface area contributed by atoms with E-state index >= 15 is 0 Å². The average Bonchev–Trinajstić information content (AvgIpc) is 2.99. The number of carbonyl (C=O) groups is 3. The molecule has 4 rings (SSSR count). The van der Waals surface area contributed by atoms with Crippen LogP contribution in [0.3, 0.4) is 0 Å². The molecule has 0 aliphatic carbocycles. The minimum absolute atomic E-state index is 0.0715. The molecule has 42 heavy (non-hydrogen) atoms. The Bertz CT molecular complexity index is 1550. The first-order valence-electron chi connectivity index (χ1n) is 14.0. The number of aryl methyl sites for hydroxylation is 2. The third-order valence-electron chi connectivity index (χ3n) is 7.14. The largest absolute Gasteiger partial charge is 0.489 e. The lowest BCUT2D eigenvalue weighted by Gasteiger charge is -2.30. The number of rotatable bonds is 13. The zero-order valence-corrected chi connectivity index (χ0v) is 24.0. The van der Waals surface area contributed by atoms with Gasteiger partial charge in [0.15, 0.2) is 0 Å². The first-order valence-corrected chi connectivity index (χ1v) is 14.0. The Morgan fingerprint density at radius 2 is 1.52 bits per heavy atom. The lowest BCUT2D eigenvalue weighted by molar-refractivity contribution is -0.137. The molecule has 0 spiro atoms. The normalized spacial score (nSPS) is 11.5. The zero-order chi connectivity index (χ0) is 30.1. The van der Waals surface area contributed by atoms with Crippen molar-refractivity contribution >= 4 is 17.8 Å². The van der Waals surface area contributed by atoms with Crippen LogP contribution in [-0.4, -0.2) is 33.8 Å². The maximum Gasteiger partial charge on any atom is 0.303 e. The first kappa shape index (κ1) is 30.1. The van der Waals surface area contributed by atoms with Gasteiger partial charge in [-0.1, -0.05) is 79.2 Å². The van der Waals surface area contributed by atoms with Gasteiger partial charge in [-0.05, 0) is 77.9 Å². The molecule has 3 N–H and O–H groups in total. The first-order chi connectivity index (χ1) is 20.2. The van der Waals surface area contributed by atoms with Gasteiger partial charge in [-0.2, -0.15) is 0 Å². The number of amides is 2. The Balaban J connectivity index is 1.54. The SMILES string of the molecule is CCc1cccc(OCc2cccc(-c3ccc(C(=O)N(Cc4cccc(C)c4)[C@@H](CCC(=O)O)C(N)=O)cc3)c2)c1. The molecule has 0 saturated carbocycles. The van der Waals surface area contributed by atoms with Gasteiger partial charge in [0.2, 0.25) is 5.91 Å². The number of carbonyl (C=O) groups excluding carboxylic acids is 2. The number of hydrogen-bond donors (Lipinski definition) is 2. The highest BCUT2D eigenvalue weighted by Gasteiger charge is 2.29. The smallest absolute Gasteiger partial charge is 0.303 e. The molecule has 0 aromatic heterocycles. The highest BCUT2D eigenvalue weighted by atomic mass is 16.5. The standard InChI is InChI=1S/C35H36N2O5/c1-3-25-8-6-12-31(21-25)42-23-27-10-5-11-30(20-27)28-13-15-29(16-14-28)35(41)37(22-26-9-4-7-24(2)19-26)32(34(36)40)17-18-33(38)39/h4-16,19-21,32H,3,17-18,22-23H2,1-2H3,(H2,36,40)(H,38,39)/t32-/m0/s1. The molecular weight excluding hydrogens is 528 g/mol. The van der Waals surface area contributed by atoms with E-state index in [-0.39, 0.29) is 19.4 Å². The number of benzene rings is 4. The highest BCUT2D eigenvalue weighted by Crippen LogP contribution is 2.24. The maximum atomic E-state index is 13.7. The van der Waals surface area contributed by atoms with Crippen molar-refractivity contribution in [1.29, 1.82) is 0 Å². The number of aliphatic carboxylic acids is 1. The minimum atomic E-state index is -1.07. The fourth-order valence-corrected chi connectivity index (χ4v) is 4.88. The van der Waals surface area contributed by atoms with Crippen LogP contribution in [0.25, 0.3) is 11.1 Å². The van der Waals surface area contributed by atoms with E-state index in [0.717, 1.165) is 40.0 Å². The fraction of sp³-hybridized carbons (Fsp3) is 0.229. The van der Waals surface area contributed by atoms with Crippen molar-refractivity contribution in [1.82, 2.24) is 4.90 Å². The lowest BCUT2D eigenvalue weighted by Crippen LogP contribution is -2.47. The number of carboxylic acids is 1. The fourth-order valence-electron chi connectivity index (χ4n) is 4.88. The van der Waals surface area contributed by atoms with Crippen LogP contribution in [0, 0.1) is 6.92 Å². The van der Waals surface area contributed by atoms with E-state index in [1.165, 1.54) is 10.5 Å². The van der Waals surface area contributed by atoms with Crippen LogP contribution in [0.5, 0.6) is 5.75 Å². The van der Waals surface area contributed by atoms with Gasteiger partial charge in [0, 0.05) is 18.5 Å². The van der Waals surface area contributed by atoms with Crippen LogP contribution in [0.2, 0.25) is 0 Å². The van der Waals surface area contributed by atoms with Gasteiger partial charge in [-0.3, -0.25) is 14.4 Å². The quantitative estimate of drug-likeness (QED) is 0.202. The Morgan fingerprint density at radius 3 is 2.21 bits per heavy atom. The molecule has 7 heteroatoms. The van der Waals surface area contributed by atoms with Gasteiger partial charge in [-0.25, -0.2) is 0 Å². The van der Waals surface area contributed by atoms with E-state index < -0.39 is 23.8 Å². The third-order valence-corrected chi connectivity index (χ3v) is 7.14. The number of nitrogens with two attached hydrogens (primary N) is 1. The number of hydrogen-bond acceptors (Lipinski definition) is 4. The molecule has 0 saturated heterocycles. The Morgan fingerprint density at radius 1 is 0.833 bits per heavy atom. The van der Waals surface area contributed by atoms with Crippen LogP contribution in [0.15, 0.2) is 97.1 Å². The second-order valence-electron chi connectivity index (χ2n) is 10.3. The number of ether oxygens (including phenoxy) is 1. The number of nitrogens with zero attached hydrogens (tertiary/aromatic N) is 1. The molecule has 4 aromatic carbocycles. The predicted octanol–water partition coefficient (Wildman–Crippen LogP) is 6.16. The van der Waals surface area contributed by atoms with E-state index in [0.29, 0.717) is 12.2 Å². The summed E-state index contributed by atoms with van der Waals surface area (Å²) in [6, 6.07) is 29.8. The Kier molecular flexibility index (Phi) is 10.1. The van der Waals surface area contributed by atoms with Crippen molar-refractivity contribution in [2.45, 2.75) is 52.3 Å². The van der Waals surface area contributed by atoms with E-state index in [1.807, 2.05) is 79.7 Å². The molecule has 1 atom stereocenters. The molecule has 0 fully saturated rings. The topological polar surface area (TPSA) is 110 Å². The van der Waals surface area contributed by atoms with E-state index in [9.17, 15) is 19.5 Å². The van der Waals surface area contributed by atoms with Crippen molar-refractivity contribution in [3.8, 4) is 16.9 Å². The van der Waals surface area contributed by atoms with Gasteiger partial charge in [-0.15, -0.1) is 0 Å². The summed E-state index contributed by atoms with van der Waals surface area (Å²) in [5.74, 6) is -1.37. The van der Waals surface area contributed by atoms with E-state index in [2.05, 4.69) is 19.1 Å². The van der Waals surface area contributed by atoms with Crippen LogP contribution in [-0.2, 0) is 29.2 Å². The monoisotopic (exact) mass is 564 g/mol. The van der Waals surface area contributed by atoms with Crippen LogP contribution >= 0.6 is 0 Å². The van der Waals surface area contributed by atoms with Crippen LogP contribution < -0.4 is 10.5 Å². The van der Waals surface area contributed by atoms with Gasteiger partial charge < -0.3 is 20.5 Å². The molecule has 0 unspecified atom stereocenters. The summed E-state index contributed by atoms with van der Waals surface area (Å²) in [5.41, 5.74) is 12.0. The summed E-state index contributed by atoms with van der Waals surface area (Å²) in [6.07, 6.45) is 0.590. The summed E-state index contributed by atoms with van der Waals surface area (Å²) in [4.78, 5) is 38.8. The van der Waals surface area contributed by atoms with Gasteiger partial charge in [0.1, 0.15) is 18.4 Å². The third kappa shape index (κ3) is 8.07. The molecular formula is C35H36N2O5. The zero-order valence-electron chi connectivity index (χ0n) is 24.0. The number of carboxylic acid groups (broad SMARTS) is 1. The molecule has 0 heterocycles. The summed E-state index contributed by atoms with van der Waals surface area (Å²) in [5, 5.41) is 9.22. The second kappa shape index (κ2) is 14.1. The van der Waals surface area contributed by atoms with E-state index in [4.69, 9.17) is 10.5 Å². The molecule has 0 radical (unpaired) electrons. The summed E-state index contributed by atoms with van der Waals surface area (Å²) < 4.78 is 6.01. The van der Waals surface area contributed by atoms with Crippen LogP contribution in [0.4, 0.5) is 0 Å². The van der Waals surface area contributed by atoms with Crippen molar-refractivity contribution in [2.75, 3.05) is 0 Å². The Hall–Kier alpha value is -4.91. The summed E-state index contributed by atoms with van der Waals surface area (Å²) in [6.45, 7) is 4.60. The molecule has 216 valence electrons. The van der Waals surface area contributed by atoms with Gasteiger partial charge in [0.05, 0.1) is 0 Å². The summed E-state index contributed by atoms with van der Waals surface area (Å²) >= 11 is 0. The van der Waals surface area contributed by atoms with Crippen molar-refractivity contribution < 1.29 is 24.2 Å². The molecule has 4 aromatic rings. The minimum Gasteiger partial charge on any atom is -0.489 e. The molecule has 7 nitrogen and oxygen atoms in total. The van der Waals surface area contributed by atoms with E-state index in [1.54, 1.807) is 12.1 Å². The van der Waals surface area contributed by atoms with Crippen molar-refractivity contribution in [2.24, 2.45) is 5.73 Å². The van der Waals surface area contributed by atoms with Gasteiger partial charge in [0.25, 0.3) is 5.91 Å². The molecule has 2 amide bonds. The lowest BCUT2D eigenvalue weighted by atomic mass is 10.0. The molecule has 0 aliphatic rings. The second-order valence-corrected chi connectivity index (χ2v) is 10.3. The predicted molar refractivity (Wildman–Crippen MR) is 163 cm³/mol. The Labute approximate surface area is 246 Å². The van der Waals surface area contributed by atoms with Crippen molar-refractivity contribution in [3.63, 3.8) is 0 Å². The average molecular weight is 565 g/mol. The van der Waals surface area contributed by atoms with Gasteiger partial charge >= 0.3 is 5.97 Å². The maximum absolute atomic E-state index is 13.7. The van der Waals surface area contributed by atoms with Crippen LogP contribution in [0.1, 0.15) is 52.4 Å². The van der Waals surface area contributed by atoms with Crippen molar-refractivity contribution in [3.05, 3.63) is 125 Å².